The third-order valence-electron chi connectivity index (χ3n) is 7.96. The molecule has 2 aliphatic carbocycles. The molecule has 2 fully saturated rings. The zero-order valence-corrected chi connectivity index (χ0v) is 23.9. The van der Waals surface area contributed by atoms with Gasteiger partial charge in [-0.2, -0.15) is 26.3 Å². The molecule has 0 aliphatic heterocycles. The maximum Gasteiger partial charge on any atom is 0.438 e. The first kappa shape index (κ1) is 36.1. The molecule has 0 N–H and O–H groups in total. The first-order valence-electron chi connectivity index (χ1n) is 14.0. The van der Waals surface area contributed by atoms with E-state index in [9.17, 15) is 52.7 Å². The topological polar surface area (TPSA) is 0 Å². The number of hydrogen-bond acceptors (Lipinski definition) is 2. The average Bonchev–Trinajstić information content (AvgIpc) is 2.88. The van der Waals surface area contributed by atoms with Gasteiger partial charge in [0.25, 0.3) is 0 Å². The summed E-state index contributed by atoms with van der Waals surface area (Å²) in [5, 5.41) is -9.40. The lowest BCUT2D eigenvalue weighted by Gasteiger charge is -2.40. The van der Waals surface area contributed by atoms with Gasteiger partial charge in [-0.05, 0) is 50.0 Å². The van der Waals surface area contributed by atoms with Gasteiger partial charge < -0.3 is 0 Å². The largest absolute Gasteiger partial charge is 0.438 e. The molecule has 2 aliphatic rings. The first-order chi connectivity index (χ1) is 18.4. The summed E-state index contributed by atoms with van der Waals surface area (Å²) in [5.74, 6) is -13.5. The number of halogens is 12. The SMILES string of the molecule is FC(F)(F)C(F)(SCCCCCCCCSC(F)(C(F)(F)F)C(F)(F)C1CCCCC1)C(F)(F)C1CCCCC1. The standard InChI is InChI=1S/C26H38F12S2/c27-21(28,19-13-7-5-8-14-19)23(31,25(33,34)35)39-17-11-3-1-2-4-12-18-40-24(32,26(36,37)38)22(29,30)20-15-9-6-10-16-20/h19-20H,1-18H2. The van der Waals surface area contributed by atoms with Crippen molar-refractivity contribution < 1.29 is 52.7 Å². The molecule has 0 saturated heterocycles. The van der Waals surface area contributed by atoms with Gasteiger partial charge in [0.2, 0.25) is 0 Å². The van der Waals surface area contributed by atoms with E-state index in [1.54, 1.807) is 0 Å². The van der Waals surface area contributed by atoms with Gasteiger partial charge in [-0.1, -0.05) is 64.2 Å². The highest BCUT2D eigenvalue weighted by Crippen LogP contribution is 2.59. The zero-order valence-electron chi connectivity index (χ0n) is 22.2. The second kappa shape index (κ2) is 14.6. The molecule has 238 valence electrons. The fourth-order valence-electron chi connectivity index (χ4n) is 5.53. The number of hydrogen-bond donors (Lipinski definition) is 0. The summed E-state index contributed by atoms with van der Waals surface area (Å²) >= 11 is -0.884. The lowest BCUT2D eigenvalue weighted by Crippen LogP contribution is -2.56. The number of unbranched alkanes of at least 4 members (excludes halogenated alkanes) is 5. The summed E-state index contributed by atoms with van der Waals surface area (Å²) in [5.41, 5.74) is 0. The molecule has 40 heavy (non-hydrogen) atoms. The quantitative estimate of drug-likeness (QED) is 0.129. The normalized spacial score (nSPS) is 22.2. The van der Waals surface area contributed by atoms with E-state index < -0.39 is 81.1 Å². The highest BCUT2D eigenvalue weighted by molar-refractivity contribution is 8.00. The van der Waals surface area contributed by atoms with E-state index in [1.165, 1.54) is 0 Å². The van der Waals surface area contributed by atoms with E-state index in [0.717, 1.165) is 0 Å². The molecule has 0 nitrogen and oxygen atoms in total. The van der Waals surface area contributed by atoms with Crippen molar-refractivity contribution in [3.05, 3.63) is 0 Å². The lowest BCUT2D eigenvalue weighted by molar-refractivity contribution is -0.278. The van der Waals surface area contributed by atoms with Crippen molar-refractivity contribution >= 4 is 23.5 Å². The van der Waals surface area contributed by atoms with Crippen LogP contribution in [0.4, 0.5) is 52.7 Å². The molecule has 0 radical (unpaired) electrons. The van der Waals surface area contributed by atoms with Gasteiger partial charge in [0.05, 0.1) is 0 Å². The van der Waals surface area contributed by atoms with E-state index in [0.29, 0.717) is 51.4 Å². The van der Waals surface area contributed by atoms with Crippen molar-refractivity contribution in [2.24, 2.45) is 11.8 Å². The van der Waals surface area contributed by atoms with Crippen molar-refractivity contribution in [1.82, 2.24) is 0 Å². The van der Waals surface area contributed by atoms with Crippen LogP contribution in [0.2, 0.25) is 0 Å². The molecule has 0 spiro atoms. The molecule has 0 bridgehead atoms. The third kappa shape index (κ3) is 8.27. The van der Waals surface area contributed by atoms with Crippen LogP contribution in [0, 0.1) is 11.8 Å². The number of rotatable bonds is 15. The maximum absolute atomic E-state index is 14.9. The molecule has 2 saturated carbocycles. The Hall–Kier alpha value is -0.140. The summed E-state index contributed by atoms with van der Waals surface area (Å²) in [6.45, 7) is 0. The monoisotopic (exact) mass is 642 g/mol. The van der Waals surface area contributed by atoms with Crippen LogP contribution in [0.5, 0.6) is 0 Å². The van der Waals surface area contributed by atoms with Gasteiger partial charge in [0.1, 0.15) is 0 Å². The Morgan fingerprint density at radius 2 is 0.675 bits per heavy atom. The highest BCUT2D eigenvalue weighted by atomic mass is 32.2. The summed E-state index contributed by atoms with van der Waals surface area (Å²) in [6, 6.07) is 0. The summed E-state index contributed by atoms with van der Waals surface area (Å²) in [6.07, 6.45) is -8.38. The van der Waals surface area contributed by atoms with Crippen LogP contribution >= 0.6 is 23.5 Å². The Morgan fingerprint density at radius 3 is 0.950 bits per heavy atom. The highest BCUT2D eigenvalue weighted by Gasteiger charge is 2.74. The molecule has 2 rings (SSSR count). The van der Waals surface area contributed by atoms with Crippen molar-refractivity contribution in [1.29, 1.82) is 0 Å². The molecule has 2 unspecified atom stereocenters. The van der Waals surface area contributed by atoms with Crippen molar-refractivity contribution in [3.63, 3.8) is 0 Å². The predicted octanol–water partition coefficient (Wildman–Crippen LogP) is 11.7. The molecule has 0 amide bonds. The minimum atomic E-state index is -5.76. The van der Waals surface area contributed by atoms with Gasteiger partial charge in [-0.3, -0.25) is 0 Å². The number of alkyl halides is 12. The fraction of sp³-hybridized carbons (Fsp3) is 1.00. The minimum absolute atomic E-state index is 0.0111. The van der Waals surface area contributed by atoms with Gasteiger partial charge in [0, 0.05) is 11.8 Å². The van der Waals surface area contributed by atoms with Gasteiger partial charge in [-0.15, -0.1) is 23.5 Å². The Bertz CT molecular complexity index is 683. The van der Waals surface area contributed by atoms with Crippen LogP contribution in [0.15, 0.2) is 0 Å². The third-order valence-corrected chi connectivity index (χ3v) is 10.8. The molecule has 0 heterocycles. The van der Waals surface area contributed by atoms with Crippen LogP contribution in [0.3, 0.4) is 0 Å². The Kier molecular flexibility index (Phi) is 13.1. The average molecular weight is 643 g/mol. The van der Waals surface area contributed by atoms with E-state index >= 15 is 0 Å². The van der Waals surface area contributed by atoms with E-state index in [2.05, 4.69) is 0 Å². The first-order valence-corrected chi connectivity index (χ1v) is 15.9. The van der Waals surface area contributed by atoms with Crippen LogP contribution in [0.1, 0.15) is 103 Å². The summed E-state index contributed by atoms with van der Waals surface area (Å²) in [7, 11) is 0. The summed E-state index contributed by atoms with van der Waals surface area (Å²) in [4.78, 5) is 0. The second-order valence-corrected chi connectivity index (χ2v) is 13.4. The Labute approximate surface area is 236 Å². The van der Waals surface area contributed by atoms with Crippen LogP contribution in [-0.4, -0.2) is 45.7 Å². The van der Waals surface area contributed by atoms with Crippen LogP contribution in [0.25, 0.3) is 0 Å². The smallest absolute Gasteiger partial charge is 0.215 e. The van der Waals surface area contributed by atoms with Gasteiger partial charge >= 0.3 is 34.2 Å². The van der Waals surface area contributed by atoms with E-state index in [4.69, 9.17) is 0 Å². The molecule has 14 heteroatoms. The fourth-order valence-corrected chi connectivity index (χ4v) is 7.83. The van der Waals surface area contributed by atoms with E-state index in [-0.39, 0.29) is 51.4 Å². The van der Waals surface area contributed by atoms with Crippen molar-refractivity contribution in [3.8, 4) is 0 Å². The van der Waals surface area contributed by atoms with Crippen LogP contribution in [-0.2, 0) is 0 Å². The molecular formula is C26H38F12S2. The van der Waals surface area contributed by atoms with E-state index in [1.807, 2.05) is 0 Å². The van der Waals surface area contributed by atoms with Crippen LogP contribution < -0.4 is 0 Å². The zero-order chi connectivity index (χ0) is 30.3. The Balaban J connectivity index is 1.75. The second-order valence-electron chi connectivity index (χ2n) is 10.9. The Morgan fingerprint density at radius 1 is 0.400 bits per heavy atom. The summed E-state index contributed by atoms with van der Waals surface area (Å²) < 4.78 is 169. The van der Waals surface area contributed by atoms with Gasteiger partial charge in [-0.25, -0.2) is 26.3 Å². The molecular weight excluding hydrogens is 604 g/mol. The van der Waals surface area contributed by atoms with Crippen molar-refractivity contribution in [2.75, 3.05) is 11.5 Å². The number of thioether (sulfide) groups is 2. The molecule has 0 aromatic rings. The minimum Gasteiger partial charge on any atom is -0.215 e. The van der Waals surface area contributed by atoms with Crippen molar-refractivity contribution in [2.45, 2.75) is 137 Å². The molecule has 0 aromatic heterocycles. The molecule has 0 aromatic carbocycles. The lowest BCUT2D eigenvalue weighted by atomic mass is 9.82. The predicted molar refractivity (Wildman–Crippen MR) is 135 cm³/mol. The van der Waals surface area contributed by atoms with Gasteiger partial charge in [0.15, 0.2) is 0 Å². The maximum atomic E-state index is 14.9. The molecule has 2 atom stereocenters.